The van der Waals surface area contributed by atoms with Crippen LogP contribution in [0.4, 0.5) is 5.69 Å². The molecule has 7 heteroatoms. The van der Waals surface area contributed by atoms with Crippen LogP contribution in [0.3, 0.4) is 0 Å². The lowest BCUT2D eigenvalue weighted by atomic mass is 10.1. The normalized spacial score (nSPS) is 16.5. The summed E-state index contributed by atoms with van der Waals surface area (Å²) in [6.45, 7) is 4.94. The molecule has 1 N–H and O–H groups in total. The molecule has 5 nitrogen and oxygen atoms in total. The highest BCUT2D eigenvalue weighted by molar-refractivity contribution is 7.89. The number of hydrogen-bond acceptors (Lipinski definition) is 3. The number of carbonyl (C=O) groups excluding carboxylic acids is 1. The molecule has 0 radical (unpaired) electrons. The molecule has 1 saturated heterocycles. The zero-order valence-corrected chi connectivity index (χ0v) is 15.1. The Bertz CT molecular complexity index is 668. The van der Waals surface area contributed by atoms with Gasteiger partial charge in [0.15, 0.2) is 0 Å². The van der Waals surface area contributed by atoms with Crippen molar-refractivity contribution in [1.29, 1.82) is 0 Å². The van der Waals surface area contributed by atoms with Gasteiger partial charge < -0.3 is 5.32 Å². The van der Waals surface area contributed by atoms with Gasteiger partial charge in [0, 0.05) is 25.2 Å². The van der Waals surface area contributed by atoms with E-state index in [1.54, 1.807) is 6.07 Å². The molecule has 1 amide bonds. The summed E-state index contributed by atoms with van der Waals surface area (Å²) in [5.74, 6) is 0.0995. The largest absolute Gasteiger partial charge is 0.326 e. The highest BCUT2D eigenvalue weighted by Crippen LogP contribution is 2.29. The number of hydrogen-bond donors (Lipinski definition) is 1. The van der Waals surface area contributed by atoms with Crippen LogP contribution in [0, 0.1) is 5.92 Å². The standard InChI is InChI=1S/C16H23ClN2O3S/c1-12(2)10-16(20)18-13-6-7-14(17)15(11-13)23(21,22)19-8-4-3-5-9-19/h6-7,11-12H,3-5,8-10H2,1-2H3,(H,18,20). The van der Waals surface area contributed by atoms with Crippen molar-refractivity contribution in [2.75, 3.05) is 18.4 Å². The smallest absolute Gasteiger partial charge is 0.244 e. The molecular formula is C16H23ClN2O3S. The van der Waals surface area contributed by atoms with E-state index in [4.69, 9.17) is 11.6 Å². The number of sulfonamides is 1. The van der Waals surface area contributed by atoms with Crippen LogP contribution in [-0.2, 0) is 14.8 Å². The third kappa shape index (κ3) is 4.68. The van der Waals surface area contributed by atoms with Crippen molar-refractivity contribution >= 4 is 33.2 Å². The van der Waals surface area contributed by atoms with Crippen LogP contribution < -0.4 is 5.32 Å². The average Bonchev–Trinajstić information content (AvgIpc) is 2.49. The number of halogens is 1. The number of amides is 1. The molecule has 0 spiro atoms. The summed E-state index contributed by atoms with van der Waals surface area (Å²) in [5.41, 5.74) is 0.454. The molecule has 0 bridgehead atoms. The van der Waals surface area contributed by atoms with Gasteiger partial charge in [0.25, 0.3) is 0 Å². The Kier molecular flexibility index (Phi) is 6.06. The van der Waals surface area contributed by atoms with Crippen molar-refractivity contribution in [3.63, 3.8) is 0 Å². The fourth-order valence-corrected chi connectivity index (χ4v) is 4.62. The third-order valence-electron chi connectivity index (χ3n) is 3.74. The van der Waals surface area contributed by atoms with E-state index in [9.17, 15) is 13.2 Å². The minimum Gasteiger partial charge on any atom is -0.326 e. The lowest BCUT2D eigenvalue weighted by Gasteiger charge is -2.26. The molecule has 128 valence electrons. The molecule has 0 aromatic heterocycles. The van der Waals surface area contributed by atoms with Gasteiger partial charge in [0.1, 0.15) is 4.90 Å². The summed E-state index contributed by atoms with van der Waals surface area (Å²) < 4.78 is 27.0. The van der Waals surface area contributed by atoms with Crippen LogP contribution in [0.5, 0.6) is 0 Å². The Labute approximate surface area is 143 Å². The monoisotopic (exact) mass is 358 g/mol. The van der Waals surface area contributed by atoms with E-state index < -0.39 is 10.0 Å². The van der Waals surface area contributed by atoms with Gasteiger partial charge in [0.05, 0.1) is 5.02 Å². The molecule has 1 heterocycles. The van der Waals surface area contributed by atoms with Gasteiger partial charge in [-0.15, -0.1) is 0 Å². The fraction of sp³-hybridized carbons (Fsp3) is 0.562. The molecule has 1 aromatic rings. The summed E-state index contributed by atoms with van der Waals surface area (Å²) in [4.78, 5) is 11.9. The molecule has 1 aliphatic heterocycles. The maximum absolute atomic E-state index is 12.8. The van der Waals surface area contributed by atoms with Crippen molar-refractivity contribution in [2.45, 2.75) is 44.4 Å². The lowest BCUT2D eigenvalue weighted by Crippen LogP contribution is -2.35. The highest BCUT2D eigenvalue weighted by Gasteiger charge is 2.28. The summed E-state index contributed by atoms with van der Waals surface area (Å²) in [5, 5.41) is 2.91. The van der Waals surface area contributed by atoms with Crippen molar-refractivity contribution in [1.82, 2.24) is 4.31 Å². The van der Waals surface area contributed by atoms with E-state index in [-0.39, 0.29) is 21.7 Å². The minimum absolute atomic E-state index is 0.0587. The number of rotatable bonds is 5. The molecule has 23 heavy (non-hydrogen) atoms. The Balaban J connectivity index is 2.24. The first-order valence-corrected chi connectivity index (χ1v) is 9.72. The molecule has 0 saturated carbocycles. The maximum atomic E-state index is 12.8. The Morgan fingerprint density at radius 1 is 1.26 bits per heavy atom. The third-order valence-corrected chi connectivity index (χ3v) is 6.12. The molecule has 1 aromatic carbocycles. The summed E-state index contributed by atoms with van der Waals surface area (Å²) in [6, 6.07) is 4.59. The number of nitrogens with zero attached hydrogens (tertiary/aromatic N) is 1. The van der Waals surface area contributed by atoms with E-state index in [2.05, 4.69) is 5.32 Å². The first-order valence-electron chi connectivity index (χ1n) is 7.90. The summed E-state index contributed by atoms with van der Waals surface area (Å²) in [7, 11) is -3.62. The first-order chi connectivity index (χ1) is 10.8. The Morgan fingerprint density at radius 3 is 2.52 bits per heavy atom. The van der Waals surface area contributed by atoms with E-state index in [0.717, 1.165) is 19.3 Å². The van der Waals surface area contributed by atoms with Crippen LogP contribution >= 0.6 is 11.6 Å². The highest BCUT2D eigenvalue weighted by atomic mass is 35.5. The zero-order chi connectivity index (χ0) is 17.0. The molecule has 0 atom stereocenters. The van der Waals surface area contributed by atoms with Crippen LogP contribution in [0.25, 0.3) is 0 Å². The molecular weight excluding hydrogens is 336 g/mol. The van der Waals surface area contributed by atoms with Crippen LogP contribution in [0.2, 0.25) is 5.02 Å². The quantitative estimate of drug-likeness (QED) is 0.875. The van der Waals surface area contributed by atoms with E-state index >= 15 is 0 Å². The first kappa shape index (κ1) is 18.2. The van der Waals surface area contributed by atoms with Gasteiger partial charge in [-0.25, -0.2) is 8.42 Å². The van der Waals surface area contributed by atoms with E-state index in [1.165, 1.54) is 16.4 Å². The lowest BCUT2D eigenvalue weighted by molar-refractivity contribution is -0.116. The molecule has 1 fully saturated rings. The predicted octanol–water partition coefficient (Wildman–Crippen LogP) is 3.50. The second kappa shape index (κ2) is 7.64. The number of piperidine rings is 1. The second-order valence-electron chi connectivity index (χ2n) is 6.26. The van der Waals surface area contributed by atoms with Crippen LogP contribution in [-0.4, -0.2) is 31.7 Å². The van der Waals surface area contributed by atoms with Crippen molar-refractivity contribution in [2.24, 2.45) is 5.92 Å². The number of anilines is 1. The minimum atomic E-state index is -3.62. The Morgan fingerprint density at radius 2 is 1.91 bits per heavy atom. The molecule has 0 unspecified atom stereocenters. The molecule has 1 aliphatic rings. The maximum Gasteiger partial charge on any atom is 0.244 e. The van der Waals surface area contributed by atoms with E-state index in [0.29, 0.717) is 25.2 Å². The second-order valence-corrected chi connectivity index (χ2v) is 8.57. The SMILES string of the molecule is CC(C)CC(=O)Nc1ccc(Cl)c(S(=O)(=O)N2CCCCC2)c1. The van der Waals surface area contributed by atoms with Gasteiger partial charge in [-0.05, 0) is 37.0 Å². The predicted molar refractivity (Wildman–Crippen MR) is 92.1 cm³/mol. The van der Waals surface area contributed by atoms with Gasteiger partial charge in [-0.3, -0.25) is 4.79 Å². The van der Waals surface area contributed by atoms with Crippen molar-refractivity contribution in [3.05, 3.63) is 23.2 Å². The number of benzene rings is 1. The fourth-order valence-electron chi connectivity index (χ4n) is 2.61. The van der Waals surface area contributed by atoms with Crippen molar-refractivity contribution in [3.8, 4) is 0 Å². The average molecular weight is 359 g/mol. The summed E-state index contributed by atoms with van der Waals surface area (Å²) in [6.07, 6.45) is 3.16. The van der Waals surface area contributed by atoms with Gasteiger partial charge >= 0.3 is 0 Å². The van der Waals surface area contributed by atoms with Crippen LogP contribution in [0.15, 0.2) is 23.1 Å². The number of nitrogens with one attached hydrogen (secondary N) is 1. The molecule has 0 aliphatic carbocycles. The molecule has 2 rings (SSSR count). The topological polar surface area (TPSA) is 66.5 Å². The Hall–Kier alpha value is -1.11. The van der Waals surface area contributed by atoms with E-state index in [1.807, 2.05) is 13.8 Å². The number of carbonyl (C=O) groups is 1. The van der Waals surface area contributed by atoms with Gasteiger partial charge in [-0.1, -0.05) is 31.9 Å². The van der Waals surface area contributed by atoms with Crippen molar-refractivity contribution < 1.29 is 13.2 Å². The van der Waals surface area contributed by atoms with Gasteiger partial charge in [0.2, 0.25) is 15.9 Å². The van der Waals surface area contributed by atoms with Crippen LogP contribution in [0.1, 0.15) is 39.5 Å². The van der Waals surface area contributed by atoms with Gasteiger partial charge in [-0.2, -0.15) is 4.31 Å². The zero-order valence-electron chi connectivity index (χ0n) is 13.5. The summed E-state index contributed by atoms with van der Waals surface area (Å²) >= 11 is 6.10.